The quantitative estimate of drug-likeness (QED) is 0.355. The van der Waals surface area contributed by atoms with Crippen LogP contribution < -0.4 is 24.8 Å². The molecule has 124 valence electrons. The summed E-state index contributed by atoms with van der Waals surface area (Å²) in [6.07, 6.45) is 20.6. The van der Waals surface area contributed by atoms with Gasteiger partial charge in [0.05, 0.1) is 8.07 Å². The van der Waals surface area contributed by atoms with Crippen LogP contribution in [0.5, 0.6) is 0 Å². The van der Waals surface area contributed by atoms with E-state index in [1.54, 1.807) is 18.1 Å². The first kappa shape index (κ1) is 24.9. The van der Waals surface area contributed by atoms with Crippen LogP contribution >= 0.6 is 0 Å². The Morgan fingerprint density at radius 3 is 2.27 bits per heavy atom. The number of hydrogen-bond acceptors (Lipinski definition) is 0. The van der Waals surface area contributed by atoms with Crippen LogP contribution in [0, 0.1) is 6.08 Å². The summed E-state index contributed by atoms with van der Waals surface area (Å²) in [5.41, 5.74) is 1.52. The first-order valence-corrected chi connectivity index (χ1v) is 10.5. The molecule has 22 heavy (non-hydrogen) atoms. The summed E-state index contributed by atoms with van der Waals surface area (Å²) in [6, 6.07) is 4.77. The van der Waals surface area contributed by atoms with E-state index in [-0.39, 0.29) is 50.7 Å². The summed E-state index contributed by atoms with van der Waals surface area (Å²) in [7, 11) is -0.864. The zero-order valence-corrected chi connectivity index (χ0v) is 19.9. The molecular formula is C18H27Cl2HfSi-3. The van der Waals surface area contributed by atoms with Gasteiger partial charge in [0.15, 0.2) is 0 Å². The smallest absolute Gasteiger partial charge is 0.0819 e. The van der Waals surface area contributed by atoms with Gasteiger partial charge in [0.25, 0.3) is 0 Å². The maximum atomic E-state index is 2.99. The van der Waals surface area contributed by atoms with E-state index in [2.05, 4.69) is 38.2 Å². The van der Waals surface area contributed by atoms with E-state index >= 15 is 0 Å². The number of allylic oxidation sites excluding steroid dienone is 8. The van der Waals surface area contributed by atoms with E-state index in [9.17, 15) is 0 Å². The molecule has 0 bridgehead atoms. The van der Waals surface area contributed by atoms with Crippen LogP contribution in [-0.4, -0.2) is 8.07 Å². The molecule has 0 atom stereocenters. The van der Waals surface area contributed by atoms with E-state index in [1.165, 1.54) is 31.3 Å². The van der Waals surface area contributed by atoms with Crippen molar-refractivity contribution in [3.8, 4) is 0 Å². The number of hydrogen-bond donors (Lipinski definition) is 0. The standard InChI is InChI=1S/C13H22Si.C5H5.2ClH.Hf/c1-3-4-8-14(9-5-10-14)13-7-6-12(2)11-13;1-2-4-5-3-1;;;/h6,11H,3-5,7-10H2,1-2H3;1-3H,4H2;2*1H;/q;-1;;;/p-2. The molecule has 0 nitrogen and oxygen atoms in total. The Hall–Kier alpha value is 0.627. The third kappa shape index (κ3) is 7.03. The van der Waals surface area contributed by atoms with E-state index in [1.807, 2.05) is 17.3 Å². The van der Waals surface area contributed by atoms with E-state index in [0.717, 1.165) is 6.42 Å². The molecule has 2 aliphatic carbocycles. The van der Waals surface area contributed by atoms with Gasteiger partial charge < -0.3 is 24.8 Å². The summed E-state index contributed by atoms with van der Waals surface area (Å²) in [6.45, 7) is 4.58. The van der Waals surface area contributed by atoms with Crippen LogP contribution in [0.1, 0.15) is 46.0 Å². The SMILES string of the molecule is CCCC[Si]1(C2=CC(C)=CC2)CCC1.[C-]1=CC=CC1.[Cl-].[Cl-].[Hf]. The van der Waals surface area contributed by atoms with Crippen molar-refractivity contribution < 1.29 is 50.7 Å². The van der Waals surface area contributed by atoms with Crippen molar-refractivity contribution in [1.82, 2.24) is 0 Å². The predicted molar refractivity (Wildman–Crippen MR) is 87.7 cm³/mol. The fourth-order valence-corrected chi connectivity index (χ4v) is 7.99. The molecule has 0 aromatic heterocycles. The summed E-state index contributed by atoms with van der Waals surface area (Å²) in [4.78, 5) is 0. The molecule has 0 amide bonds. The van der Waals surface area contributed by atoms with E-state index < -0.39 is 8.07 Å². The summed E-state index contributed by atoms with van der Waals surface area (Å²) >= 11 is 0. The van der Waals surface area contributed by atoms with Gasteiger partial charge in [-0.05, 0) is 13.3 Å². The summed E-state index contributed by atoms with van der Waals surface area (Å²) < 4.78 is 0. The van der Waals surface area contributed by atoms with Crippen molar-refractivity contribution in [2.75, 3.05) is 0 Å². The average Bonchev–Trinajstić information content (AvgIpc) is 3.02. The Morgan fingerprint density at radius 1 is 1.23 bits per heavy atom. The Balaban J connectivity index is 0. The molecule has 0 aromatic rings. The number of halogens is 2. The molecule has 0 saturated carbocycles. The van der Waals surface area contributed by atoms with Gasteiger partial charge in [0.2, 0.25) is 0 Å². The zero-order chi connectivity index (χ0) is 13.6. The predicted octanol–water partition coefficient (Wildman–Crippen LogP) is -0.234. The Labute approximate surface area is 169 Å². The maximum Gasteiger partial charge on any atom is 0.0819 e. The minimum absolute atomic E-state index is 0. The molecule has 1 saturated heterocycles. The molecule has 0 radical (unpaired) electrons. The number of unbranched alkanes of at least 4 members (excludes halogenated alkanes) is 1. The van der Waals surface area contributed by atoms with Crippen molar-refractivity contribution >= 4 is 8.07 Å². The molecule has 1 fully saturated rings. The molecule has 1 aliphatic heterocycles. The van der Waals surface area contributed by atoms with Gasteiger partial charge in [0, 0.05) is 25.8 Å². The molecule has 1 heterocycles. The van der Waals surface area contributed by atoms with Gasteiger partial charge in [-0.2, -0.15) is 6.08 Å². The molecule has 0 aromatic carbocycles. The van der Waals surface area contributed by atoms with Crippen molar-refractivity contribution in [2.45, 2.75) is 64.1 Å². The minimum Gasteiger partial charge on any atom is -1.00 e. The van der Waals surface area contributed by atoms with Crippen LogP contribution in [-0.2, 0) is 25.8 Å². The van der Waals surface area contributed by atoms with Crippen LogP contribution in [0.25, 0.3) is 0 Å². The fourth-order valence-electron chi connectivity index (χ4n) is 3.22. The van der Waals surface area contributed by atoms with Gasteiger partial charge in [0.1, 0.15) is 0 Å². The molecule has 0 unspecified atom stereocenters. The third-order valence-electron chi connectivity index (χ3n) is 4.63. The molecule has 4 heteroatoms. The molecule has 3 rings (SSSR count). The fraction of sp³-hybridized carbons (Fsp3) is 0.556. The number of rotatable bonds is 4. The topological polar surface area (TPSA) is 0 Å². The van der Waals surface area contributed by atoms with Gasteiger partial charge in [-0.3, -0.25) is 6.08 Å². The molecule has 0 N–H and O–H groups in total. The molecule has 3 aliphatic rings. The summed E-state index contributed by atoms with van der Waals surface area (Å²) in [5, 5.41) is 1.88. The van der Waals surface area contributed by atoms with Crippen LogP contribution in [0.2, 0.25) is 18.1 Å². The zero-order valence-electron chi connectivity index (χ0n) is 13.8. The van der Waals surface area contributed by atoms with Crippen LogP contribution in [0.3, 0.4) is 0 Å². The second-order valence-electron chi connectivity index (χ2n) is 6.06. The second-order valence-corrected chi connectivity index (χ2v) is 10.8. The Bertz CT molecular complexity index is 411. The average molecular weight is 521 g/mol. The van der Waals surface area contributed by atoms with Crippen LogP contribution in [0.15, 0.2) is 41.1 Å². The van der Waals surface area contributed by atoms with Gasteiger partial charge in [-0.25, -0.2) is 12.2 Å². The molecular weight excluding hydrogens is 494 g/mol. The van der Waals surface area contributed by atoms with Gasteiger partial charge >= 0.3 is 0 Å². The minimum atomic E-state index is -0.864. The third-order valence-corrected chi connectivity index (χ3v) is 10.3. The summed E-state index contributed by atoms with van der Waals surface area (Å²) in [5.74, 6) is 0. The maximum absolute atomic E-state index is 2.99. The monoisotopic (exact) mass is 521 g/mol. The Morgan fingerprint density at radius 2 is 1.95 bits per heavy atom. The molecule has 0 spiro atoms. The van der Waals surface area contributed by atoms with Crippen molar-refractivity contribution in [1.29, 1.82) is 0 Å². The normalized spacial score (nSPS) is 19.4. The first-order valence-electron chi connectivity index (χ1n) is 7.86. The van der Waals surface area contributed by atoms with E-state index in [4.69, 9.17) is 0 Å². The van der Waals surface area contributed by atoms with Crippen LogP contribution in [0.4, 0.5) is 0 Å². The second kappa shape index (κ2) is 13.0. The Kier molecular flexibility index (Phi) is 14.7. The largest absolute Gasteiger partial charge is 1.00 e. The van der Waals surface area contributed by atoms with E-state index in [0.29, 0.717) is 0 Å². The van der Waals surface area contributed by atoms with Crippen molar-refractivity contribution in [3.63, 3.8) is 0 Å². The van der Waals surface area contributed by atoms with Crippen molar-refractivity contribution in [3.05, 3.63) is 47.2 Å². The van der Waals surface area contributed by atoms with Gasteiger partial charge in [-0.1, -0.05) is 67.2 Å². The van der Waals surface area contributed by atoms with Gasteiger partial charge in [-0.15, -0.1) is 6.42 Å². The first-order chi connectivity index (χ1) is 9.27. The van der Waals surface area contributed by atoms with Crippen molar-refractivity contribution in [2.24, 2.45) is 0 Å².